The van der Waals surface area contributed by atoms with Crippen molar-refractivity contribution < 1.29 is 0 Å². The van der Waals surface area contributed by atoms with Gasteiger partial charge in [-0.1, -0.05) is 25.1 Å². The van der Waals surface area contributed by atoms with Gasteiger partial charge in [0.05, 0.1) is 0 Å². The van der Waals surface area contributed by atoms with E-state index in [9.17, 15) is 0 Å². The van der Waals surface area contributed by atoms with Crippen LogP contribution in [0.4, 0.5) is 0 Å². The zero-order valence-electron chi connectivity index (χ0n) is 8.52. The highest BCUT2D eigenvalue weighted by Crippen LogP contribution is 2.14. The van der Waals surface area contributed by atoms with Crippen LogP contribution >= 0.6 is 23.2 Å². The number of aryl methyl sites for hydroxylation is 2. The van der Waals surface area contributed by atoms with Crippen molar-refractivity contribution in [2.75, 3.05) is 5.88 Å². The van der Waals surface area contributed by atoms with Crippen molar-refractivity contribution in [1.29, 1.82) is 0 Å². The van der Waals surface area contributed by atoms with Crippen LogP contribution in [0, 0.1) is 0 Å². The maximum Gasteiger partial charge on any atom is 0.0474 e. The Morgan fingerprint density at radius 2 is 1.64 bits per heavy atom. The lowest BCUT2D eigenvalue weighted by Crippen LogP contribution is -1.92. The summed E-state index contributed by atoms with van der Waals surface area (Å²) >= 11 is 11.5. The van der Waals surface area contributed by atoms with Crippen molar-refractivity contribution >= 4 is 23.2 Å². The van der Waals surface area contributed by atoms with Crippen LogP contribution in [0.15, 0.2) is 18.2 Å². The van der Waals surface area contributed by atoms with Crippen LogP contribution in [0.2, 0.25) is 0 Å². The van der Waals surface area contributed by atoms with Gasteiger partial charge in [-0.3, -0.25) is 0 Å². The molecule has 0 saturated carbocycles. The highest BCUT2D eigenvalue weighted by molar-refractivity contribution is 6.17. The van der Waals surface area contributed by atoms with Crippen molar-refractivity contribution in [3.63, 3.8) is 0 Å². The molecule has 0 nitrogen and oxygen atoms in total. The molecule has 78 valence electrons. The minimum absolute atomic E-state index is 0.599. The van der Waals surface area contributed by atoms with E-state index in [-0.39, 0.29) is 0 Å². The van der Waals surface area contributed by atoms with E-state index < -0.39 is 0 Å². The van der Waals surface area contributed by atoms with E-state index >= 15 is 0 Å². The Labute approximate surface area is 96.2 Å². The monoisotopic (exact) mass is 230 g/mol. The zero-order chi connectivity index (χ0) is 10.4. The van der Waals surface area contributed by atoms with Crippen LogP contribution in [-0.4, -0.2) is 5.88 Å². The molecule has 1 aromatic rings. The van der Waals surface area contributed by atoms with Crippen LogP contribution in [-0.2, 0) is 18.7 Å². The molecule has 0 N–H and O–H groups in total. The number of rotatable bonds is 5. The Hall–Kier alpha value is -0.200. The quantitative estimate of drug-likeness (QED) is 0.667. The second-order valence-corrected chi connectivity index (χ2v) is 4.08. The summed E-state index contributed by atoms with van der Waals surface area (Å²) in [6, 6.07) is 6.61. The second-order valence-electron chi connectivity index (χ2n) is 3.44. The molecule has 0 aromatic heterocycles. The summed E-state index contributed by atoms with van der Waals surface area (Å²) in [4.78, 5) is 0. The van der Waals surface area contributed by atoms with Gasteiger partial charge in [-0.2, -0.15) is 0 Å². The molecule has 0 bridgehead atoms. The van der Waals surface area contributed by atoms with Gasteiger partial charge in [0.1, 0.15) is 0 Å². The smallest absolute Gasteiger partial charge is 0.0474 e. The molecule has 1 rings (SSSR count). The molecule has 0 radical (unpaired) electrons. The van der Waals surface area contributed by atoms with E-state index in [1.54, 1.807) is 0 Å². The summed E-state index contributed by atoms with van der Waals surface area (Å²) in [6.07, 6.45) is 3.16. The van der Waals surface area contributed by atoms with E-state index in [0.29, 0.717) is 5.88 Å². The van der Waals surface area contributed by atoms with Gasteiger partial charge in [0.25, 0.3) is 0 Å². The Balaban J connectivity index is 2.81. The fraction of sp³-hybridized carbons (Fsp3) is 0.500. The first-order valence-electron chi connectivity index (χ1n) is 5.03. The molecule has 0 amide bonds. The number of alkyl halides is 2. The molecular formula is C12H16Cl2. The summed E-state index contributed by atoms with van der Waals surface area (Å²) in [5.74, 6) is 1.33. The van der Waals surface area contributed by atoms with Crippen LogP contribution in [0.3, 0.4) is 0 Å². The first-order valence-corrected chi connectivity index (χ1v) is 6.10. The van der Waals surface area contributed by atoms with Crippen molar-refractivity contribution in [2.45, 2.75) is 32.1 Å². The number of hydrogen-bond donors (Lipinski definition) is 0. The Kier molecular flexibility index (Phi) is 5.36. The number of halogens is 2. The largest absolute Gasteiger partial charge is 0.127 e. The molecule has 0 saturated heterocycles. The van der Waals surface area contributed by atoms with Gasteiger partial charge in [0.2, 0.25) is 0 Å². The fourth-order valence-electron chi connectivity index (χ4n) is 1.54. The summed E-state index contributed by atoms with van der Waals surface area (Å²) < 4.78 is 0. The molecular weight excluding hydrogens is 215 g/mol. The van der Waals surface area contributed by atoms with E-state index in [2.05, 4.69) is 25.1 Å². The minimum atomic E-state index is 0.599. The molecule has 0 unspecified atom stereocenters. The molecule has 0 atom stereocenters. The third-order valence-corrected chi connectivity index (χ3v) is 2.85. The van der Waals surface area contributed by atoms with Crippen LogP contribution < -0.4 is 0 Å². The fourth-order valence-corrected chi connectivity index (χ4v) is 1.82. The maximum atomic E-state index is 5.84. The maximum absolute atomic E-state index is 5.84. The van der Waals surface area contributed by atoms with Crippen molar-refractivity contribution in [3.8, 4) is 0 Å². The number of hydrogen-bond acceptors (Lipinski definition) is 0. The summed E-state index contributed by atoms with van der Waals surface area (Å²) in [7, 11) is 0. The standard InChI is InChI=1S/C12H16Cl2/c1-2-10-6-11(4-3-5-13)8-12(7-10)9-14/h6-8H,2-5,9H2,1H3. The van der Waals surface area contributed by atoms with Gasteiger partial charge in [-0.05, 0) is 36.0 Å². The summed E-state index contributed by atoms with van der Waals surface area (Å²) in [5, 5.41) is 0. The molecule has 0 aliphatic rings. The molecule has 14 heavy (non-hydrogen) atoms. The molecule has 0 spiro atoms. The predicted molar refractivity (Wildman–Crippen MR) is 64.4 cm³/mol. The van der Waals surface area contributed by atoms with E-state index in [1.165, 1.54) is 16.7 Å². The molecule has 0 heterocycles. The highest BCUT2D eigenvalue weighted by Gasteiger charge is 1.99. The topological polar surface area (TPSA) is 0 Å². The molecule has 0 aliphatic carbocycles. The van der Waals surface area contributed by atoms with E-state index in [0.717, 1.165) is 25.1 Å². The van der Waals surface area contributed by atoms with E-state index in [1.807, 2.05) is 0 Å². The van der Waals surface area contributed by atoms with Gasteiger partial charge in [-0.15, -0.1) is 23.2 Å². The van der Waals surface area contributed by atoms with E-state index in [4.69, 9.17) is 23.2 Å². The normalized spacial score (nSPS) is 10.5. The zero-order valence-corrected chi connectivity index (χ0v) is 10.0. The van der Waals surface area contributed by atoms with Gasteiger partial charge in [0, 0.05) is 11.8 Å². The van der Waals surface area contributed by atoms with Crippen molar-refractivity contribution in [1.82, 2.24) is 0 Å². The third kappa shape index (κ3) is 3.51. The van der Waals surface area contributed by atoms with Crippen LogP contribution in [0.1, 0.15) is 30.0 Å². The molecule has 0 fully saturated rings. The Morgan fingerprint density at radius 1 is 1.00 bits per heavy atom. The van der Waals surface area contributed by atoms with Gasteiger partial charge >= 0.3 is 0 Å². The lowest BCUT2D eigenvalue weighted by atomic mass is 10.0. The highest BCUT2D eigenvalue weighted by atomic mass is 35.5. The van der Waals surface area contributed by atoms with Crippen molar-refractivity contribution in [2.24, 2.45) is 0 Å². The predicted octanol–water partition coefficient (Wildman–Crippen LogP) is 4.16. The first kappa shape index (κ1) is 11.9. The third-order valence-electron chi connectivity index (χ3n) is 2.27. The lowest BCUT2D eigenvalue weighted by molar-refractivity contribution is 0.921. The summed E-state index contributed by atoms with van der Waals surface area (Å²) in [6.45, 7) is 2.17. The molecule has 1 aromatic carbocycles. The molecule has 0 aliphatic heterocycles. The average Bonchev–Trinajstić information content (AvgIpc) is 2.25. The Morgan fingerprint density at radius 3 is 2.21 bits per heavy atom. The molecule has 2 heteroatoms. The lowest BCUT2D eigenvalue weighted by Gasteiger charge is -2.06. The number of benzene rings is 1. The average molecular weight is 231 g/mol. The Bertz CT molecular complexity index is 259. The van der Waals surface area contributed by atoms with Gasteiger partial charge < -0.3 is 0 Å². The summed E-state index contributed by atoms with van der Waals surface area (Å²) in [5.41, 5.74) is 3.95. The van der Waals surface area contributed by atoms with Crippen LogP contribution in [0.5, 0.6) is 0 Å². The minimum Gasteiger partial charge on any atom is -0.127 e. The van der Waals surface area contributed by atoms with Gasteiger partial charge in [0.15, 0.2) is 0 Å². The van der Waals surface area contributed by atoms with Gasteiger partial charge in [-0.25, -0.2) is 0 Å². The second kappa shape index (κ2) is 6.31. The van der Waals surface area contributed by atoms with Crippen LogP contribution in [0.25, 0.3) is 0 Å². The first-order chi connectivity index (χ1) is 6.80. The SMILES string of the molecule is CCc1cc(CCl)cc(CCCCl)c1. The van der Waals surface area contributed by atoms with Crippen molar-refractivity contribution in [3.05, 3.63) is 34.9 Å².